The van der Waals surface area contributed by atoms with Crippen LogP contribution in [0.4, 0.5) is 0 Å². The minimum atomic E-state index is -0.996. The molecule has 3 atom stereocenters. The Kier molecular flexibility index (Phi) is 15.6. The highest BCUT2D eigenvalue weighted by Gasteiger charge is 2.46. The maximum absolute atomic E-state index is 13.3. The van der Waals surface area contributed by atoms with Crippen molar-refractivity contribution in [3.8, 4) is 0 Å². The Hall–Kier alpha value is -1.84. The molecule has 34 heavy (non-hydrogen) atoms. The number of nitrogens with one attached hydrogen (secondary N) is 1. The minimum Gasteiger partial charge on any atom is -0.481 e. The van der Waals surface area contributed by atoms with Gasteiger partial charge < -0.3 is 10.4 Å². The van der Waals surface area contributed by atoms with Crippen LogP contribution < -0.4 is 5.32 Å². The predicted octanol–water partition coefficient (Wildman–Crippen LogP) is 8.00. The van der Waals surface area contributed by atoms with Crippen molar-refractivity contribution in [1.82, 2.24) is 5.32 Å². The molecule has 1 aliphatic carbocycles. The monoisotopic (exact) mass is 473 g/mol. The molecule has 0 aromatic heterocycles. The molecule has 3 unspecified atom stereocenters. The lowest BCUT2D eigenvalue weighted by atomic mass is 9.68. The van der Waals surface area contributed by atoms with Crippen LogP contribution in [0, 0.1) is 17.3 Å². The van der Waals surface area contributed by atoms with Crippen LogP contribution in [-0.4, -0.2) is 23.5 Å². The van der Waals surface area contributed by atoms with Crippen molar-refractivity contribution in [2.24, 2.45) is 17.3 Å². The van der Waals surface area contributed by atoms with Crippen LogP contribution >= 0.6 is 0 Å². The molecule has 0 aromatic carbocycles. The van der Waals surface area contributed by atoms with E-state index in [1.165, 1.54) is 56.9 Å². The first-order valence-electron chi connectivity index (χ1n) is 13.8. The number of carbonyl (C=O) groups excluding carboxylic acids is 1. The van der Waals surface area contributed by atoms with Crippen LogP contribution in [0.3, 0.4) is 0 Å². The average molecular weight is 474 g/mol. The normalized spacial score (nSPS) is 20.2. The summed E-state index contributed by atoms with van der Waals surface area (Å²) in [5.41, 5.74) is 0.324. The van der Waals surface area contributed by atoms with Gasteiger partial charge in [-0.25, -0.2) is 0 Å². The summed E-state index contributed by atoms with van der Waals surface area (Å²) in [7, 11) is 0. The smallest absolute Gasteiger partial charge is 0.311 e. The second kappa shape index (κ2) is 17.6. The van der Waals surface area contributed by atoms with E-state index in [1.54, 1.807) is 12.2 Å². The van der Waals surface area contributed by atoms with Crippen LogP contribution in [0.1, 0.15) is 118 Å². The van der Waals surface area contributed by atoms with Crippen LogP contribution in [-0.2, 0) is 9.59 Å². The first-order chi connectivity index (χ1) is 16.3. The highest BCUT2D eigenvalue weighted by Crippen LogP contribution is 2.40. The summed E-state index contributed by atoms with van der Waals surface area (Å²) >= 11 is 0. The summed E-state index contributed by atoms with van der Waals surface area (Å²) in [6, 6.07) is 0. The summed E-state index contributed by atoms with van der Waals surface area (Å²) in [6.45, 7) is 9.28. The Balaban J connectivity index is 2.51. The van der Waals surface area contributed by atoms with E-state index in [0.29, 0.717) is 18.9 Å². The third kappa shape index (κ3) is 11.5. The molecule has 0 aliphatic heterocycles. The highest BCUT2D eigenvalue weighted by molar-refractivity contribution is 5.91. The van der Waals surface area contributed by atoms with Gasteiger partial charge in [-0.3, -0.25) is 9.59 Å². The van der Waals surface area contributed by atoms with Crippen molar-refractivity contribution < 1.29 is 14.7 Å². The number of rotatable bonds is 19. The van der Waals surface area contributed by atoms with Gasteiger partial charge >= 0.3 is 5.97 Å². The van der Waals surface area contributed by atoms with Gasteiger partial charge in [0, 0.05) is 6.54 Å². The molecule has 0 radical (unpaired) electrons. The molecule has 0 heterocycles. The number of amides is 1. The van der Waals surface area contributed by atoms with Crippen molar-refractivity contribution in [2.75, 3.05) is 6.54 Å². The van der Waals surface area contributed by atoms with Gasteiger partial charge in [-0.15, -0.1) is 0 Å². The lowest BCUT2D eigenvalue weighted by molar-refractivity contribution is -0.148. The Morgan fingerprint density at radius 2 is 1.59 bits per heavy atom. The lowest BCUT2D eigenvalue weighted by Crippen LogP contribution is -2.48. The van der Waals surface area contributed by atoms with Gasteiger partial charge in [0.1, 0.15) is 0 Å². The number of unbranched alkanes of at least 4 members (excludes halogenated alkanes) is 9. The van der Waals surface area contributed by atoms with E-state index >= 15 is 0 Å². The van der Waals surface area contributed by atoms with Gasteiger partial charge in [-0.05, 0) is 51.9 Å². The molecule has 2 N–H and O–H groups in total. The predicted molar refractivity (Wildman–Crippen MR) is 144 cm³/mol. The van der Waals surface area contributed by atoms with Gasteiger partial charge in [0.2, 0.25) is 5.91 Å². The Bertz CT molecular complexity index is 675. The zero-order valence-corrected chi connectivity index (χ0v) is 22.4. The number of carbonyl (C=O) groups is 2. The molecule has 0 saturated carbocycles. The van der Waals surface area contributed by atoms with Gasteiger partial charge in [-0.2, -0.15) is 0 Å². The zero-order chi connectivity index (χ0) is 25.2. The zero-order valence-electron chi connectivity index (χ0n) is 22.4. The van der Waals surface area contributed by atoms with Gasteiger partial charge in [0.05, 0.1) is 11.3 Å². The number of aliphatic carboxylic acids is 1. The molecular weight excluding hydrogens is 422 g/mol. The van der Waals surface area contributed by atoms with Crippen LogP contribution in [0.5, 0.6) is 0 Å². The molecule has 0 aromatic rings. The van der Waals surface area contributed by atoms with Crippen molar-refractivity contribution in [3.63, 3.8) is 0 Å². The van der Waals surface area contributed by atoms with E-state index in [-0.39, 0.29) is 5.91 Å². The summed E-state index contributed by atoms with van der Waals surface area (Å²) in [4.78, 5) is 25.4. The molecule has 0 fully saturated rings. The maximum atomic E-state index is 13.3. The number of carboxylic acids is 1. The molecule has 0 bridgehead atoms. The largest absolute Gasteiger partial charge is 0.481 e. The molecule has 1 aliphatic rings. The van der Waals surface area contributed by atoms with E-state index in [0.717, 1.165) is 32.1 Å². The summed E-state index contributed by atoms with van der Waals surface area (Å²) in [5.74, 6) is -1.43. The van der Waals surface area contributed by atoms with Crippen LogP contribution in [0.15, 0.2) is 36.0 Å². The lowest BCUT2D eigenvalue weighted by Gasteiger charge is -2.36. The van der Waals surface area contributed by atoms with E-state index in [2.05, 4.69) is 39.1 Å². The SMILES string of the molecule is CCCCCCCCCCCCNC(=O)C1(CCC(C)CCC=C(C)C)C=CC=CC1C(=O)O. The fourth-order valence-electron chi connectivity index (χ4n) is 4.81. The average Bonchev–Trinajstić information content (AvgIpc) is 2.80. The summed E-state index contributed by atoms with van der Waals surface area (Å²) < 4.78 is 0. The van der Waals surface area contributed by atoms with E-state index in [4.69, 9.17) is 0 Å². The Labute approximate surface area is 209 Å². The van der Waals surface area contributed by atoms with E-state index in [9.17, 15) is 14.7 Å². The van der Waals surface area contributed by atoms with Crippen LogP contribution in [0.25, 0.3) is 0 Å². The van der Waals surface area contributed by atoms with E-state index < -0.39 is 17.3 Å². The fourth-order valence-corrected chi connectivity index (χ4v) is 4.81. The topological polar surface area (TPSA) is 66.4 Å². The summed E-state index contributed by atoms with van der Waals surface area (Å²) in [5, 5.41) is 13.0. The fraction of sp³-hybridized carbons (Fsp3) is 0.733. The van der Waals surface area contributed by atoms with Crippen molar-refractivity contribution >= 4 is 11.9 Å². The summed E-state index contributed by atoms with van der Waals surface area (Å²) in [6.07, 6.45) is 25.4. The number of hydrogen-bond donors (Lipinski definition) is 2. The van der Waals surface area contributed by atoms with Crippen molar-refractivity contribution in [2.45, 2.75) is 118 Å². The molecular formula is C30H51NO3. The second-order valence-corrected chi connectivity index (χ2v) is 10.5. The number of allylic oxidation sites excluding steroid dienone is 4. The minimum absolute atomic E-state index is 0.132. The Morgan fingerprint density at radius 3 is 2.18 bits per heavy atom. The third-order valence-corrected chi connectivity index (χ3v) is 7.13. The van der Waals surface area contributed by atoms with Gasteiger partial charge in [0.15, 0.2) is 0 Å². The second-order valence-electron chi connectivity index (χ2n) is 10.5. The van der Waals surface area contributed by atoms with Gasteiger partial charge in [0.25, 0.3) is 0 Å². The first kappa shape index (κ1) is 30.2. The molecule has 0 spiro atoms. The van der Waals surface area contributed by atoms with Gasteiger partial charge in [-0.1, -0.05) is 108 Å². The number of hydrogen-bond acceptors (Lipinski definition) is 2. The molecule has 194 valence electrons. The van der Waals surface area contributed by atoms with Crippen molar-refractivity contribution in [3.05, 3.63) is 36.0 Å². The standard InChI is InChI=1S/C30H51NO3/c1-5-6-7-8-9-10-11-12-13-16-24-31-29(34)30(22-15-14-20-27(30)28(32)33)23-21-26(4)19-17-18-25(2)3/h14-15,18,20,22,26-27H,5-13,16-17,19,21,23-24H2,1-4H3,(H,31,34)(H,32,33). The molecule has 1 amide bonds. The van der Waals surface area contributed by atoms with Crippen LogP contribution in [0.2, 0.25) is 0 Å². The molecule has 4 nitrogen and oxygen atoms in total. The molecule has 1 rings (SSSR count). The first-order valence-corrected chi connectivity index (χ1v) is 13.8. The maximum Gasteiger partial charge on any atom is 0.311 e. The van der Waals surface area contributed by atoms with E-state index in [1.807, 2.05) is 12.2 Å². The number of carboxylic acid groups (broad SMARTS) is 1. The Morgan fingerprint density at radius 1 is 0.971 bits per heavy atom. The van der Waals surface area contributed by atoms with Crippen molar-refractivity contribution in [1.29, 1.82) is 0 Å². The third-order valence-electron chi connectivity index (χ3n) is 7.13. The molecule has 4 heteroatoms. The highest BCUT2D eigenvalue weighted by atomic mass is 16.4. The molecule has 0 saturated heterocycles. The quantitative estimate of drug-likeness (QED) is 0.147.